The van der Waals surface area contributed by atoms with E-state index in [4.69, 9.17) is 10.6 Å². The SMILES string of the molecule is NC(=O)CONC1CC1. The quantitative estimate of drug-likeness (QED) is 0.487. The Bertz CT molecular complexity index is 112. The number of carbonyl (C=O) groups excluding carboxylic acids is 1. The van der Waals surface area contributed by atoms with Crippen LogP contribution in [0.25, 0.3) is 0 Å². The first kappa shape index (κ1) is 6.51. The van der Waals surface area contributed by atoms with Crippen molar-refractivity contribution in [2.24, 2.45) is 5.73 Å². The van der Waals surface area contributed by atoms with E-state index in [2.05, 4.69) is 5.48 Å². The fourth-order valence-corrected chi connectivity index (χ4v) is 0.432. The lowest BCUT2D eigenvalue weighted by atomic mass is 10.7. The van der Waals surface area contributed by atoms with Gasteiger partial charge in [-0.15, -0.1) is 0 Å². The highest BCUT2D eigenvalue weighted by molar-refractivity contribution is 5.74. The van der Waals surface area contributed by atoms with Crippen LogP contribution < -0.4 is 11.2 Å². The molecule has 0 bridgehead atoms. The second-order valence-corrected chi connectivity index (χ2v) is 2.15. The van der Waals surface area contributed by atoms with Gasteiger partial charge < -0.3 is 5.73 Å². The van der Waals surface area contributed by atoms with Crippen molar-refractivity contribution in [2.45, 2.75) is 18.9 Å². The number of amides is 1. The molecule has 0 saturated heterocycles. The molecule has 1 aliphatic rings. The Morgan fingerprint density at radius 1 is 1.78 bits per heavy atom. The maximum atomic E-state index is 10.1. The molecule has 1 saturated carbocycles. The van der Waals surface area contributed by atoms with Crippen LogP contribution in [0, 0.1) is 0 Å². The van der Waals surface area contributed by atoms with Crippen LogP contribution in [-0.4, -0.2) is 18.6 Å². The van der Waals surface area contributed by atoms with Crippen molar-refractivity contribution in [3.63, 3.8) is 0 Å². The predicted octanol–water partition coefficient (Wildman–Crippen LogP) is -0.845. The highest BCUT2D eigenvalue weighted by Crippen LogP contribution is 2.18. The van der Waals surface area contributed by atoms with Crippen LogP contribution in [-0.2, 0) is 9.63 Å². The molecule has 0 aromatic carbocycles. The third kappa shape index (κ3) is 3.05. The van der Waals surface area contributed by atoms with E-state index in [1.54, 1.807) is 0 Å². The van der Waals surface area contributed by atoms with E-state index < -0.39 is 5.91 Å². The summed E-state index contributed by atoms with van der Waals surface area (Å²) in [5, 5.41) is 0. The maximum Gasteiger partial charge on any atom is 0.245 e. The molecule has 52 valence electrons. The molecule has 1 rings (SSSR count). The molecule has 0 unspecified atom stereocenters. The van der Waals surface area contributed by atoms with Gasteiger partial charge in [-0.1, -0.05) is 0 Å². The summed E-state index contributed by atoms with van der Waals surface area (Å²) in [6, 6.07) is 0.462. The molecule has 1 aliphatic carbocycles. The average molecular weight is 130 g/mol. The van der Waals surface area contributed by atoms with E-state index in [-0.39, 0.29) is 6.61 Å². The summed E-state index contributed by atoms with van der Waals surface area (Å²) in [7, 11) is 0. The van der Waals surface area contributed by atoms with E-state index in [9.17, 15) is 4.79 Å². The van der Waals surface area contributed by atoms with Gasteiger partial charge in [0.05, 0.1) is 0 Å². The van der Waals surface area contributed by atoms with Gasteiger partial charge in [0.2, 0.25) is 5.91 Å². The molecule has 1 fully saturated rings. The Morgan fingerprint density at radius 3 is 2.89 bits per heavy atom. The molecule has 9 heavy (non-hydrogen) atoms. The number of nitrogens with two attached hydrogens (primary N) is 1. The van der Waals surface area contributed by atoms with Gasteiger partial charge in [0.1, 0.15) is 6.61 Å². The summed E-state index contributed by atoms with van der Waals surface area (Å²) in [5.74, 6) is -0.442. The number of hydrogen-bond acceptors (Lipinski definition) is 3. The number of rotatable bonds is 4. The molecule has 3 N–H and O–H groups in total. The molecule has 0 atom stereocenters. The Labute approximate surface area is 53.3 Å². The second kappa shape index (κ2) is 2.80. The molecule has 0 heterocycles. The van der Waals surface area contributed by atoms with Crippen molar-refractivity contribution in [1.82, 2.24) is 5.48 Å². The zero-order valence-electron chi connectivity index (χ0n) is 5.09. The molecule has 1 amide bonds. The van der Waals surface area contributed by atoms with E-state index in [0.29, 0.717) is 6.04 Å². The summed E-state index contributed by atoms with van der Waals surface area (Å²) in [5.41, 5.74) is 7.48. The predicted molar refractivity (Wildman–Crippen MR) is 31.3 cm³/mol. The van der Waals surface area contributed by atoms with Gasteiger partial charge in [0.15, 0.2) is 0 Å². The first-order chi connectivity index (χ1) is 4.29. The van der Waals surface area contributed by atoms with Gasteiger partial charge in [-0.2, -0.15) is 5.48 Å². The van der Waals surface area contributed by atoms with Crippen LogP contribution in [0.2, 0.25) is 0 Å². The van der Waals surface area contributed by atoms with Gasteiger partial charge in [0.25, 0.3) is 0 Å². The van der Waals surface area contributed by atoms with Crippen LogP contribution in [0.15, 0.2) is 0 Å². The molecule has 4 nitrogen and oxygen atoms in total. The number of hydroxylamine groups is 1. The normalized spacial score (nSPS) is 17.8. The lowest BCUT2D eigenvalue weighted by molar-refractivity contribution is -0.125. The lowest BCUT2D eigenvalue weighted by Crippen LogP contribution is -2.25. The second-order valence-electron chi connectivity index (χ2n) is 2.15. The topological polar surface area (TPSA) is 64.4 Å². The molecular formula is C5H10N2O2. The largest absolute Gasteiger partial charge is 0.368 e. The molecule has 0 aliphatic heterocycles. The maximum absolute atomic E-state index is 10.1. The third-order valence-corrected chi connectivity index (χ3v) is 1.04. The number of hydrogen-bond donors (Lipinski definition) is 2. The van der Waals surface area contributed by atoms with Crippen molar-refractivity contribution >= 4 is 5.91 Å². The summed E-state index contributed by atoms with van der Waals surface area (Å²) in [6.45, 7) is -0.0312. The van der Waals surface area contributed by atoms with Gasteiger partial charge in [-0.25, -0.2) is 0 Å². The Hall–Kier alpha value is -0.610. The number of primary amides is 1. The Morgan fingerprint density at radius 2 is 2.44 bits per heavy atom. The van der Waals surface area contributed by atoms with Gasteiger partial charge in [0, 0.05) is 6.04 Å². The minimum absolute atomic E-state index is 0.0312. The highest BCUT2D eigenvalue weighted by atomic mass is 16.6. The molecule has 4 heteroatoms. The van der Waals surface area contributed by atoms with E-state index in [0.717, 1.165) is 12.8 Å². The van der Waals surface area contributed by atoms with Crippen molar-refractivity contribution in [3.8, 4) is 0 Å². The summed E-state index contributed by atoms with van der Waals surface area (Å²) >= 11 is 0. The minimum atomic E-state index is -0.442. The molecule has 0 radical (unpaired) electrons. The first-order valence-electron chi connectivity index (χ1n) is 2.94. The average Bonchev–Trinajstić information content (AvgIpc) is 2.48. The van der Waals surface area contributed by atoms with E-state index >= 15 is 0 Å². The summed E-state index contributed by atoms with van der Waals surface area (Å²) < 4.78 is 0. The third-order valence-electron chi connectivity index (χ3n) is 1.04. The van der Waals surface area contributed by atoms with Crippen LogP contribution >= 0.6 is 0 Å². The fourth-order valence-electron chi connectivity index (χ4n) is 0.432. The van der Waals surface area contributed by atoms with Crippen LogP contribution in [0.4, 0.5) is 0 Å². The highest BCUT2D eigenvalue weighted by Gasteiger charge is 2.20. The standard InChI is InChI=1S/C5H10N2O2/c6-5(8)3-9-7-4-1-2-4/h4,7H,1-3H2,(H2,6,8). The van der Waals surface area contributed by atoms with Crippen LogP contribution in [0.1, 0.15) is 12.8 Å². The van der Waals surface area contributed by atoms with Crippen molar-refractivity contribution in [2.75, 3.05) is 6.61 Å². The molecule has 0 aromatic heterocycles. The van der Waals surface area contributed by atoms with E-state index in [1.807, 2.05) is 0 Å². The van der Waals surface area contributed by atoms with Crippen molar-refractivity contribution < 1.29 is 9.63 Å². The van der Waals surface area contributed by atoms with Crippen LogP contribution in [0.5, 0.6) is 0 Å². The monoisotopic (exact) mass is 130 g/mol. The van der Waals surface area contributed by atoms with Gasteiger partial charge in [-0.05, 0) is 12.8 Å². The molecule has 0 spiro atoms. The van der Waals surface area contributed by atoms with Gasteiger partial charge in [-0.3, -0.25) is 9.63 Å². The lowest BCUT2D eigenvalue weighted by Gasteiger charge is -1.98. The minimum Gasteiger partial charge on any atom is -0.368 e. The Kier molecular flexibility index (Phi) is 2.02. The Balaban J connectivity index is 1.86. The molecular weight excluding hydrogens is 120 g/mol. The van der Waals surface area contributed by atoms with E-state index in [1.165, 1.54) is 0 Å². The first-order valence-corrected chi connectivity index (χ1v) is 2.94. The smallest absolute Gasteiger partial charge is 0.245 e. The number of nitrogens with one attached hydrogen (secondary N) is 1. The van der Waals surface area contributed by atoms with Crippen molar-refractivity contribution in [3.05, 3.63) is 0 Å². The van der Waals surface area contributed by atoms with Gasteiger partial charge >= 0.3 is 0 Å². The zero-order valence-corrected chi connectivity index (χ0v) is 5.09. The zero-order chi connectivity index (χ0) is 6.69. The van der Waals surface area contributed by atoms with Crippen LogP contribution in [0.3, 0.4) is 0 Å². The van der Waals surface area contributed by atoms with Crippen molar-refractivity contribution in [1.29, 1.82) is 0 Å². The number of carbonyl (C=O) groups is 1. The molecule has 0 aromatic rings. The summed E-state index contributed by atoms with van der Waals surface area (Å²) in [6.07, 6.45) is 2.28. The fraction of sp³-hybridized carbons (Fsp3) is 0.800. The summed E-state index contributed by atoms with van der Waals surface area (Å²) in [4.78, 5) is 14.8.